The third-order valence-corrected chi connectivity index (χ3v) is 3.98. The molecule has 1 unspecified atom stereocenters. The van der Waals surface area contributed by atoms with Crippen LogP contribution in [0.4, 0.5) is 0 Å². The van der Waals surface area contributed by atoms with Crippen LogP contribution in [0, 0.1) is 0 Å². The van der Waals surface area contributed by atoms with E-state index < -0.39 is 0 Å². The minimum Gasteiger partial charge on any atom is -0.486 e. The Morgan fingerprint density at radius 2 is 2.16 bits per heavy atom. The molecule has 0 saturated heterocycles. The van der Waals surface area contributed by atoms with Crippen LogP contribution >= 0.6 is 0 Å². The van der Waals surface area contributed by atoms with Crippen LogP contribution in [0.2, 0.25) is 0 Å². The summed E-state index contributed by atoms with van der Waals surface area (Å²) < 4.78 is 13.5. The van der Waals surface area contributed by atoms with Crippen molar-refractivity contribution in [1.82, 2.24) is 20.4 Å². The number of para-hydroxylation sites is 2. The van der Waals surface area contributed by atoms with E-state index in [9.17, 15) is 0 Å². The summed E-state index contributed by atoms with van der Waals surface area (Å²) in [6, 6.07) is 7.73. The van der Waals surface area contributed by atoms with Gasteiger partial charge in [0.2, 0.25) is 0 Å². The van der Waals surface area contributed by atoms with Gasteiger partial charge in [-0.05, 0) is 30.5 Å². The maximum atomic E-state index is 5.93. The highest BCUT2D eigenvalue weighted by Crippen LogP contribution is 2.30. The summed E-state index contributed by atoms with van der Waals surface area (Å²) in [7, 11) is 3.70. The molecular weight excluding hydrogens is 318 g/mol. The molecule has 2 N–H and O–H groups in total. The van der Waals surface area contributed by atoms with Crippen LogP contribution in [0.5, 0.6) is 11.5 Å². The lowest BCUT2D eigenvalue weighted by atomic mass is 10.2. The minimum atomic E-state index is -0.0381. The number of aryl methyl sites for hydroxylation is 2. The predicted octanol–water partition coefficient (Wildman–Crippen LogP) is 1.36. The molecule has 0 fully saturated rings. The van der Waals surface area contributed by atoms with Crippen LogP contribution in [-0.4, -0.2) is 48.6 Å². The molecule has 2 aromatic rings. The fourth-order valence-corrected chi connectivity index (χ4v) is 2.70. The highest BCUT2D eigenvalue weighted by molar-refractivity contribution is 5.79. The van der Waals surface area contributed by atoms with Crippen molar-refractivity contribution < 1.29 is 9.47 Å². The van der Waals surface area contributed by atoms with Gasteiger partial charge in [-0.1, -0.05) is 12.1 Å². The molecule has 25 heavy (non-hydrogen) atoms. The van der Waals surface area contributed by atoms with Gasteiger partial charge in [-0.2, -0.15) is 5.10 Å². The molecule has 134 valence electrons. The van der Waals surface area contributed by atoms with Gasteiger partial charge in [0.05, 0.1) is 12.7 Å². The van der Waals surface area contributed by atoms with E-state index >= 15 is 0 Å². The van der Waals surface area contributed by atoms with Gasteiger partial charge in [-0.15, -0.1) is 0 Å². The number of hydrogen-bond donors (Lipinski definition) is 2. The molecule has 1 aromatic carbocycles. The molecule has 2 heterocycles. The zero-order valence-corrected chi connectivity index (χ0v) is 14.7. The van der Waals surface area contributed by atoms with E-state index in [0.29, 0.717) is 13.2 Å². The highest BCUT2D eigenvalue weighted by atomic mass is 16.6. The summed E-state index contributed by atoms with van der Waals surface area (Å²) in [5.41, 5.74) is 1.25. The van der Waals surface area contributed by atoms with Gasteiger partial charge >= 0.3 is 0 Å². The van der Waals surface area contributed by atoms with Gasteiger partial charge in [0.25, 0.3) is 0 Å². The second-order valence-corrected chi connectivity index (χ2v) is 6.00. The first-order chi connectivity index (χ1) is 12.2. The molecule has 0 radical (unpaired) electrons. The van der Waals surface area contributed by atoms with E-state index in [1.165, 1.54) is 5.56 Å². The van der Waals surface area contributed by atoms with Gasteiger partial charge in [0, 0.05) is 26.8 Å². The SMILES string of the molecule is CN=C(NCCCc1cnn(C)c1)NCC1COc2ccccc2O1. The maximum absolute atomic E-state index is 5.93. The van der Waals surface area contributed by atoms with Gasteiger partial charge in [0.1, 0.15) is 12.7 Å². The number of hydrogen-bond acceptors (Lipinski definition) is 4. The summed E-state index contributed by atoms with van der Waals surface area (Å²) in [6.07, 6.45) is 5.93. The molecule has 1 aliphatic heterocycles. The van der Waals surface area contributed by atoms with Gasteiger partial charge < -0.3 is 20.1 Å². The second kappa shape index (κ2) is 8.41. The first kappa shape index (κ1) is 17.1. The lowest BCUT2D eigenvalue weighted by Gasteiger charge is -2.27. The number of aromatic nitrogens is 2. The van der Waals surface area contributed by atoms with Crippen molar-refractivity contribution in [2.45, 2.75) is 18.9 Å². The Hall–Kier alpha value is -2.70. The molecule has 7 heteroatoms. The number of benzene rings is 1. The van der Waals surface area contributed by atoms with Crippen LogP contribution in [0.3, 0.4) is 0 Å². The smallest absolute Gasteiger partial charge is 0.191 e. The van der Waals surface area contributed by atoms with Crippen molar-refractivity contribution in [3.05, 3.63) is 42.2 Å². The van der Waals surface area contributed by atoms with E-state index in [2.05, 4.69) is 20.7 Å². The summed E-state index contributed by atoms with van der Waals surface area (Å²) in [5.74, 6) is 2.37. The summed E-state index contributed by atoms with van der Waals surface area (Å²) in [5, 5.41) is 10.8. The summed E-state index contributed by atoms with van der Waals surface area (Å²) in [6.45, 7) is 2.01. The van der Waals surface area contributed by atoms with Gasteiger partial charge in [-0.3, -0.25) is 9.67 Å². The Labute approximate surface area is 148 Å². The Bertz CT molecular complexity index is 713. The topological polar surface area (TPSA) is 72.7 Å². The van der Waals surface area contributed by atoms with E-state index in [1.807, 2.05) is 48.4 Å². The zero-order valence-electron chi connectivity index (χ0n) is 14.7. The normalized spacial score (nSPS) is 16.6. The molecule has 3 rings (SSSR count). The lowest BCUT2D eigenvalue weighted by Crippen LogP contribution is -2.45. The fraction of sp³-hybridized carbons (Fsp3) is 0.444. The van der Waals surface area contributed by atoms with Crippen molar-refractivity contribution in [1.29, 1.82) is 0 Å². The Morgan fingerprint density at radius 1 is 1.32 bits per heavy atom. The average molecular weight is 343 g/mol. The van der Waals surface area contributed by atoms with E-state index in [1.54, 1.807) is 7.05 Å². The fourth-order valence-electron chi connectivity index (χ4n) is 2.70. The molecular formula is C18H25N5O2. The van der Waals surface area contributed by atoms with Gasteiger partial charge in [0.15, 0.2) is 17.5 Å². The molecule has 0 bridgehead atoms. The van der Waals surface area contributed by atoms with Crippen LogP contribution in [0.25, 0.3) is 0 Å². The largest absolute Gasteiger partial charge is 0.486 e. The number of nitrogens with one attached hydrogen (secondary N) is 2. The molecule has 0 spiro atoms. The number of nitrogens with zero attached hydrogens (tertiary/aromatic N) is 3. The van der Waals surface area contributed by atoms with Crippen LogP contribution in [0.15, 0.2) is 41.7 Å². The van der Waals surface area contributed by atoms with Crippen molar-refractivity contribution in [2.24, 2.45) is 12.0 Å². The van der Waals surface area contributed by atoms with E-state index in [-0.39, 0.29) is 6.10 Å². The lowest BCUT2D eigenvalue weighted by molar-refractivity contribution is 0.0936. The summed E-state index contributed by atoms with van der Waals surface area (Å²) >= 11 is 0. The van der Waals surface area contributed by atoms with Gasteiger partial charge in [-0.25, -0.2) is 0 Å². The predicted molar refractivity (Wildman–Crippen MR) is 97.2 cm³/mol. The number of rotatable bonds is 6. The third kappa shape index (κ3) is 4.89. The molecule has 0 amide bonds. The molecule has 7 nitrogen and oxygen atoms in total. The monoisotopic (exact) mass is 343 g/mol. The Kier molecular flexibility index (Phi) is 5.77. The third-order valence-electron chi connectivity index (χ3n) is 3.98. The van der Waals surface area contributed by atoms with E-state index in [0.717, 1.165) is 36.8 Å². The summed E-state index contributed by atoms with van der Waals surface area (Å²) in [4.78, 5) is 4.25. The zero-order chi connectivity index (χ0) is 17.5. The van der Waals surface area contributed by atoms with Crippen LogP contribution in [0.1, 0.15) is 12.0 Å². The average Bonchev–Trinajstić information content (AvgIpc) is 3.06. The molecule has 0 aliphatic carbocycles. The molecule has 1 atom stereocenters. The number of aliphatic imine (C=N–C) groups is 1. The first-order valence-corrected chi connectivity index (χ1v) is 8.55. The van der Waals surface area contributed by atoms with Crippen LogP contribution in [-0.2, 0) is 13.5 Å². The molecule has 1 aliphatic rings. The Balaban J connectivity index is 1.37. The second-order valence-electron chi connectivity index (χ2n) is 6.00. The van der Waals surface area contributed by atoms with E-state index in [4.69, 9.17) is 9.47 Å². The highest BCUT2D eigenvalue weighted by Gasteiger charge is 2.20. The molecule has 0 saturated carbocycles. The standard InChI is InChI=1S/C18H25N5O2/c1-19-18(20-9-5-6-14-10-22-23(2)12-14)21-11-15-13-24-16-7-3-4-8-17(16)25-15/h3-4,7-8,10,12,15H,5-6,9,11,13H2,1-2H3,(H2,19,20,21). The van der Waals surface area contributed by atoms with Crippen molar-refractivity contribution in [3.63, 3.8) is 0 Å². The number of ether oxygens (including phenoxy) is 2. The quantitative estimate of drug-likeness (QED) is 0.471. The van der Waals surface area contributed by atoms with Crippen LogP contribution < -0.4 is 20.1 Å². The number of guanidine groups is 1. The number of fused-ring (bicyclic) bond motifs is 1. The first-order valence-electron chi connectivity index (χ1n) is 8.55. The van der Waals surface area contributed by atoms with Crippen molar-refractivity contribution in [3.8, 4) is 11.5 Å². The maximum Gasteiger partial charge on any atom is 0.191 e. The molecule has 1 aromatic heterocycles. The minimum absolute atomic E-state index is 0.0381. The Morgan fingerprint density at radius 3 is 2.92 bits per heavy atom. The van der Waals surface area contributed by atoms with Crippen molar-refractivity contribution in [2.75, 3.05) is 26.7 Å². The van der Waals surface area contributed by atoms with Crippen molar-refractivity contribution >= 4 is 5.96 Å².